The molecule has 9 aliphatic rings. The predicted octanol–water partition coefficient (Wildman–Crippen LogP) is 13.2. The summed E-state index contributed by atoms with van der Waals surface area (Å²) < 4.78 is 0. The zero-order chi connectivity index (χ0) is 41.7. The maximum atomic E-state index is 3.68. The van der Waals surface area contributed by atoms with Crippen LogP contribution in [0.1, 0.15) is 91.2 Å². The van der Waals surface area contributed by atoms with Crippen LogP contribution in [0.25, 0.3) is 32.3 Å². The Hall–Kier alpha value is -7.32. The highest BCUT2D eigenvalue weighted by molar-refractivity contribution is 5.68. The lowest BCUT2D eigenvalue weighted by molar-refractivity contribution is 0.317. The van der Waals surface area contributed by atoms with Crippen molar-refractivity contribution in [1.82, 2.24) is 0 Å². The van der Waals surface area contributed by atoms with Gasteiger partial charge in [0.1, 0.15) is 0 Å². The average Bonchev–Trinajstić information content (AvgIpc) is 3.97. The van der Waals surface area contributed by atoms with E-state index in [0.717, 1.165) is 90.1 Å². The Morgan fingerprint density at radius 2 is 0.381 bits per heavy atom. The van der Waals surface area contributed by atoms with Crippen LogP contribution in [0.3, 0.4) is 0 Å². The van der Waals surface area contributed by atoms with Crippen molar-refractivity contribution in [2.75, 3.05) is 0 Å². The topological polar surface area (TPSA) is 0 Å². The fraction of sp³-hybridized carbons (Fsp3) is 0.238. The molecule has 9 aliphatic carbocycles. The number of rotatable bonds is 0. The van der Waals surface area contributed by atoms with Gasteiger partial charge in [-0.3, -0.25) is 0 Å². The van der Waals surface area contributed by atoms with Crippen LogP contribution in [0.15, 0.2) is 146 Å². The molecule has 0 heteroatoms. The summed E-state index contributed by atoms with van der Waals surface area (Å²) in [6, 6.07) is 68.7. The summed E-state index contributed by atoms with van der Waals surface area (Å²) in [6.45, 7) is 0. The van der Waals surface area contributed by atoms with E-state index in [4.69, 9.17) is 0 Å². The van der Waals surface area contributed by atoms with Crippen molar-refractivity contribution in [2.45, 2.75) is 90.3 Å². The van der Waals surface area contributed by atoms with Crippen molar-refractivity contribution in [3.63, 3.8) is 0 Å². The number of benzene rings is 3. The van der Waals surface area contributed by atoms with Gasteiger partial charge in [-0.2, -0.15) is 0 Å². The highest BCUT2D eigenvalue weighted by atomic mass is 14.7. The highest BCUT2D eigenvalue weighted by Gasteiger charge is 2.66. The first-order valence-corrected chi connectivity index (χ1v) is 22.8. The second-order valence-corrected chi connectivity index (χ2v) is 19.0. The molecule has 0 spiro atoms. The van der Waals surface area contributed by atoms with Gasteiger partial charge in [-0.1, -0.05) is 165 Å². The minimum Gasteiger partial charge on any atom is -0.0721 e. The van der Waals surface area contributed by atoms with Gasteiger partial charge in [0.25, 0.3) is 0 Å². The molecule has 7 aromatic carbocycles. The summed E-state index contributed by atoms with van der Waals surface area (Å²) in [4.78, 5) is 0. The maximum absolute atomic E-state index is 3.68. The Morgan fingerprint density at radius 1 is 0.222 bits per heavy atom. The number of hydrogen-bond acceptors (Lipinski definition) is 0. The van der Waals surface area contributed by atoms with E-state index >= 15 is 0 Å². The van der Waals surface area contributed by atoms with Gasteiger partial charge >= 0.3 is 0 Å². The largest absolute Gasteiger partial charge is 0.0721 e. The Labute approximate surface area is 372 Å². The second-order valence-electron chi connectivity index (χ2n) is 19.0. The lowest BCUT2D eigenvalue weighted by atomic mass is 9.47. The Balaban J connectivity index is 1.00. The normalized spacial score (nSPS) is 30.5. The Bertz CT molecular complexity index is 2590. The molecule has 0 unspecified atom stereocenters. The first-order valence-electron chi connectivity index (χ1n) is 22.8. The van der Waals surface area contributed by atoms with Crippen molar-refractivity contribution in [1.29, 1.82) is 0 Å². The first kappa shape index (κ1) is 36.3. The van der Waals surface area contributed by atoms with Gasteiger partial charge in [0.2, 0.25) is 0 Å². The minimum atomic E-state index is -0.0700. The van der Waals surface area contributed by atoms with Crippen LogP contribution in [0, 0.1) is 72.8 Å². The Kier molecular flexibility index (Phi) is 7.56. The standard InChI is InChI=1S/C63H42/c1-2-35-59-41-7-40-58(59,34-1)52-28-22-46-10-12-48(13-11-46)24-30-54-56(62-38-4-3-36-60(54,62)42-8-44-62)32-26-50-18-20-51(21-19-50)27-33-57-55(61-37-5-6-39-63(57,61)45-9-43-61)31-25-49-16-14-47(15-17-49)23-29-53(52)59/h1-6,10-21,34-39H,7-9,40-45H2/t58-,59+,60+,61-,62-,63+. The third-order valence-corrected chi connectivity index (χ3v) is 16.5. The van der Waals surface area contributed by atoms with Gasteiger partial charge in [0.15, 0.2) is 0 Å². The molecule has 3 saturated carbocycles. The third kappa shape index (κ3) is 4.75. The summed E-state index contributed by atoms with van der Waals surface area (Å²) in [5.74, 6) is 0. The summed E-state index contributed by atoms with van der Waals surface area (Å²) in [5, 5.41) is 5.91. The van der Waals surface area contributed by atoms with E-state index in [9.17, 15) is 0 Å². The molecule has 16 rings (SSSR count). The molecule has 63 heavy (non-hydrogen) atoms. The van der Waals surface area contributed by atoms with Gasteiger partial charge in [-0.05, 0) is 111 Å². The third-order valence-electron chi connectivity index (χ3n) is 16.5. The van der Waals surface area contributed by atoms with Gasteiger partial charge in [0, 0.05) is 98.2 Å². The molecule has 0 aliphatic heterocycles. The predicted molar refractivity (Wildman–Crippen MR) is 251 cm³/mol. The monoisotopic (exact) mass is 798 g/mol. The molecule has 0 nitrogen and oxygen atoms in total. The van der Waals surface area contributed by atoms with E-state index in [2.05, 4.69) is 219 Å². The minimum absolute atomic E-state index is 0.0700. The Morgan fingerprint density at radius 3 is 0.540 bits per heavy atom. The second kappa shape index (κ2) is 13.1. The van der Waals surface area contributed by atoms with Gasteiger partial charge in [0.05, 0.1) is 0 Å². The average molecular weight is 799 g/mol. The molecule has 0 heterocycles. The van der Waals surface area contributed by atoms with Crippen molar-refractivity contribution in [3.05, 3.63) is 252 Å². The van der Waals surface area contributed by atoms with E-state index in [1.807, 2.05) is 0 Å². The van der Waals surface area contributed by atoms with Crippen LogP contribution >= 0.6 is 0 Å². The van der Waals surface area contributed by atoms with Gasteiger partial charge < -0.3 is 0 Å². The summed E-state index contributed by atoms with van der Waals surface area (Å²) in [5.41, 5.74) is 6.64. The molecular formula is C63H42. The lowest BCUT2D eigenvalue weighted by Gasteiger charge is -2.53. The van der Waals surface area contributed by atoms with Crippen LogP contribution in [-0.4, -0.2) is 0 Å². The number of allylic oxidation sites excluding steroid dienone is 12. The molecule has 7 aromatic rings. The maximum Gasteiger partial charge on any atom is 0.0363 e. The van der Waals surface area contributed by atoms with E-state index in [1.54, 1.807) is 0 Å². The van der Waals surface area contributed by atoms with Crippen molar-refractivity contribution >= 4 is 32.3 Å². The quantitative estimate of drug-likeness (QED) is 0.166. The summed E-state index contributed by atoms with van der Waals surface area (Å²) >= 11 is 0. The van der Waals surface area contributed by atoms with Crippen LogP contribution in [0.2, 0.25) is 0 Å². The highest BCUT2D eigenvalue weighted by Crippen LogP contribution is 2.68. The van der Waals surface area contributed by atoms with Crippen molar-refractivity contribution in [3.8, 4) is 0 Å². The van der Waals surface area contributed by atoms with E-state index < -0.39 is 0 Å². The molecule has 6 atom stereocenters. The van der Waals surface area contributed by atoms with Gasteiger partial charge in [-0.15, -0.1) is 0 Å². The van der Waals surface area contributed by atoms with Crippen LogP contribution < -0.4 is 0 Å². The molecule has 294 valence electrons. The van der Waals surface area contributed by atoms with Crippen LogP contribution in [0.4, 0.5) is 0 Å². The van der Waals surface area contributed by atoms with E-state index in [0.29, 0.717) is 0 Å². The van der Waals surface area contributed by atoms with Crippen LogP contribution in [-0.2, 0) is 32.5 Å². The molecular weight excluding hydrogens is 757 g/mol. The zero-order valence-electron chi connectivity index (χ0n) is 35.2. The molecule has 0 N–H and O–H groups in total. The number of hydrogen-bond donors (Lipinski definition) is 0. The molecule has 3 fully saturated rings. The molecule has 6 bridgehead atoms. The fourth-order valence-electron chi connectivity index (χ4n) is 13.5. The van der Waals surface area contributed by atoms with E-state index in [1.165, 1.54) is 33.4 Å². The van der Waals surface area contributed by atoms with Gasteiger partial charge in [-0.25, -0.2) is 0 Å². The molecule has 0 amide bonds. The lowest BCUT2D eigenvalue weighted by Crippen LogP contribution is -2.52. The summed E-state index contributed by atoms with van der Waals surface area (Å²) in [6.07, 6.45) is 37.7. The molecule has 0 radical (unpaired) electrons. The molecule has 0 saturated heterocycles. The summed E-state index contributed by atoms with van der Waals surface area (Å²) in [7, 11) is 0. The molecule has 0 aromatic heterocycles. The fourth-order valence-corrected chi connectivity index (χ4v) is 13.5. The SMILES string of the molecule is c1c2c(c#cc3ccc(c#cc4c(c#cc5ccc(c#cc6c(c#cc7ccc(c#1)cc7)[C@]17C=CC=C[C@]61CCC7)cc5)[C@]15C=CC=C[C@]41CCC5)cc3)[C@]13C=CC=C[C@]21CCC3. The van der Waals surface area contributed by atoms with E-state index in [-0.39, 0.29) is 32.5 Å². The smallest absolute Gasteiger partial charge is 0.0363 e. The first-order chi connectivity index (χ1) is 31.0. The number of fused-ring (bicyclic) bond motifs is 3. The van der Waals surface area contributed by atoms with Crippen LogP contribution in [0.5, 0.6) is 0 Å². The zero-order valence-corrected chi connectivity index (χ0v) is 35.2. The van der Waals surface area contributed by atoms with Crippen molar-refractivity contribution in [2.24, 2.45) is 0 Å². The van der Waals surface area contributed by atoms with Crippen molar-refractivity contribution < 1.29 is 0 Å².